The first-order valence-electron chi connectivity index (χ1n) is 5.42. The standard InChI is InChI=1S/C13H17N3/c1-9-4-5-12(10(2)6-9)8-16-13(14)11(3)7-15-16/h4-7H,8,14H2,1-3H3. The number of nitrogens with two attached hydrogens (primary N) is 1. The van der Waals surface area contributed by atoms with Crippen LogP contribution in [0.5, 0.6) is 0 Å². The molecule has 16 heavy (non-hydrogen) atoms. The second-order valence-electron chi connectivity index (χ2n) is 4.30. The summed E-state index contributed by atoms with van der Waals surface area (Å²) in [6.07, 6.45) is 1.80. The first-order valence-corrected chi connectivity index (χ1v) is 5.42. The Labute approximate surface area is 95.9 Å². The zero-order chi connectivity index (χ0) is 11.7. The fourth-order valence-electron chi connectivity index (χ4n) is 1.80. The van der Waals surface area contributed by atoms with Gasteiger partial charge in [-0.05, 0) is 31.9 Å². The van der Waals surface area contributed by atoms with Gasteiger partial charge in [-0.2, -0.15) is 5.10 Å². The third-order valence-electron chi connectivity index (χ3n) is 2.89. The Balaban J connectivity index is 2.30. The number of aryl methyl sites for hydroxylation is 3. The van der Waals surface area contributed by atoms with E-state index in [0.29, 0.717) is 0 Å². The van der Waals surface area contributed by atoms with Crippen molar-refractivity contribution in [1.82, 2.24) is 9.78 Å². The Morgan fingerprint density at radius 2 is 1.94 bits per heavy atom. The first-order chi connectivity index (χ1) is 7.58. The van der Waals surface area contributed by atoms with Gasteiger partial charge in [0.2, 0.25) is 0 Å². The molecule has 0 amide bonds. The van der Waals surface area contributed by atoms with E-state index in [1.165, 1.54) is 16.7 Å². The van der Waals surface area contributed by atoms with E-state index in [4.69, 9.17) is 5.73 Å². The van der Waals surface area contributed by atoms with Gasteiger partial charge in [0.15, 0.2) is 0 Å². The van der Waals surface area contributed by atoms with Crippen molar-refractivity contribution in [2.24, 2.45) is 0 Å². The predicted molar refractivity (Wildman–Crippen MR) is 66.4 cm³/mol. The SMILES string of the molecule is Cc1ccc(Cn2ncc(C)c2N)c(C)c1. The van der Waals surface area contributed by atoms with E-state index < -0.39 is 0 Å². The van der Waals surface area contributed by atoms with Gasteiger partial charge >= 0.3 is 0 Å². The smallest absolute Gasteiger partial charge is 0.124 e. The van der Waals surface area contributed by atoms with Gasteiger partial charge in [0.25, 0.3) is 0 Å². The number of rotatable bonds is 2. The fourth-order valence-corrected chi connectivity index (χ4v) is 1.80. The third-order valence-corrected chi connectivity index (χ3v) is 2.89. The minimum atomic E-state index is 0.742. The van der Waals surface area contributed by atoms with Crippen LogP contribution in [-0.4, -0.2) is 9.78 Å². The summed E-state index contributed by atoms with van der Waals surface area (Å²) in [6, 6.07) is 6.44. The van der Waals surface area contributed by atoms with Crippen LogP contribution >= 0.6 is 0 Å². The molecule has 0 saturated heterocycles. The van der Waals surface area contributed by atoms with Crippen molar-refractivity contribution in [2.45, 2.75) is 27.3 Å². The maximum absolute atomic E-state index is 5.93. The molecular formula is C13H17N3. The molecule has 0 aliphatic rings. The van der Waals surface area contributed by atoms with Crippen LogP contribution in [0, 0.1) is 20.8 Å². The number of anilines is 1. The molecule has 0 fully saturated rings. The molecule has 0 spiro atoms. The summed E-state index contributed by atoms with van der Waals surface area (Å²) in [5.41, 5.74) is 10.8. The van der Waals surface area contributed by atoms with Gasteiger partial charge in [-0.1, -0.05) is 23.8 Å². The van der Waals surface area contributed by atoms with E-state index in [0.717, 1.165) is 17.9 Å². The summed E-state index contributed by atoms with van der Waals surface area (Å²) in [6.45, 7) is 6.94. The maximum atomic E-state index is 5.93. The predicted octanol–water partition coefficient (Wildman–Crippen LogP) is 2.44. The van der Waals surface area contributed by atoms with Crippen LogP contribution in [0.3, 0.4) is 0 Å². The topological polar surface area (TPSA) is 43.8 Å². The first kappa shape index (κ1) is 10.7. The highest BCUT2D eigenvalue weighted by atomic mass is 15.3. The summed E-state index contributed by atoms with van der Waals surface area (Å²) >= 11 is 0. The molecule has 1 aromatic carbocycles. The van der Waals surface area contributed by atoms with E-state index in [9.17, 15) is 0 Å². The average Bonchev–Trinajstić information content (AvgIpc) is 2.54. The molecule has 2 N–H and O–H groups in total. The van der Waals surface area contributed by atoms with Crippen LogP contribution in [0.4, 0.5) is 5.82 Å². The van der Waals surface area contributed by atoms with Gasteiger partial charge in [0.05, 0.1) is 12.7 Å². The quantitative estimate of drug-likeness (QED) is 0.836. The molecule has 0 unspecified atom stereocenters. The van der Waals surface area contributed by atoms with Gasteiger partial charge in [-0.15, -0.1) is 0 Å². The highest BCUT2D eigenvalue weighted by molar-refractivity contribution is 5.39. The Morgan fingerprint density at radius 1 is 1.19 bits per heavy atom. The lowest BCUT2D eigenvalue weighted by Gasteiger charge is -2.08. The summed E-state index contributed by atoms with van der Waals surface area (Å²) in [5.74, 6) is 0.750. The van der Waals surface area contributed by atoms with Crippen LogP contribution in [0.15, 0.2) is 24.4 Å². The molecule has 2 aromatic rings. The molecule has 0 aliphatic heterocycles. The molecule has 1 heterocycles. The fraction of sp³-hybridized carbons (Fsp3) is 0.308. The second-order valence-corrected chi connectivity index (χ2v) is 4.30. The molecular weight excluding hydrogens is 198 g/mol. The summed E-state index contributed by atoms with van der Waals surface area (Å²) in [7, 11) is 0. The largest absolute Gasteiger partial charge is 0.384 e. The van der Waals surface area contributed by atoms with Gasteiger partial charge < -0.3 is 5.73 Å². The number of hydrogen-bond donors (Lipinski definition) is 1. The zero-order valence-electron chi connectivity index (χ0n) is 9.99. The Hall–Kier alpha value is -1.77. The Morgan fingerprint density at radius 3 is 2.50 bits per heavy atom. The van der Waals surface area contributed by atoms with Crippen LogP contribution in [0.2, 0.25) is 0 Å². The van der Waals surface area contributed by atoms with E-state index in [-0.39, 0.29) is 0 Å². The van der Waals surface area contributed by atoms with Gasteiger partial charge in [0, 0.05) is 5.56 Å². The van der Waals surface area contributed by atoms with Crippen molar-refractivity contribution in [3.63, 3.8) is 0 Å². The molecule has 3 nitrogen and oxygen atoms in total. The van der Waals surface area contributed by atoms with E-state index in [1.54, 1.807) is 6.20 Å². The lowest BCUT2D eigenvalue weighted by Crippen LogP contribution is -2.07. The number of aromatic nitrogens is 2. The van der Waals surface area contributed by atoms with Crippen LogP contribution < -0.4 is 5.73 Å². The van der Waals surface area contributed by atoms with Crippen LogP contribution in [-0.2, 0) is 6.54 Å². The van der Waals surface area contributed by atoms with Gasteiger partial charge in [-0.3, -0.25) is 0 Å². The molecule has 3 heteroatoms. The van der Waals surface area contributed by atoms with Crippen LogP contribution in [0.25, 0.3) is 0 Å². The summed E-state index contributed by atoms with van der Waals surface area (Å²) in [5, 5.41) is 4.27. The van der Waals surface area contributed by atoms with E-state index in [1.807, 2.05) is 11.6 Å². The molecule has 1 aromatic heterocycles. The monoisotopic (exact) mass is 215 g/mol. The zero-order valence-corrected chi connectivity index (χ0v) is 9.99. The highest BCUT2D eigenvalue weighted by Crippen LogP contribution is 2.15. The van der Waals surface area contributed by atoms with Crippen molar-refractivity contribution in [1.29, 1.82) is 0 Å². The van der Waals surface area contributed by atoms with E-state index >= 15 is 0 Å². The van der Waals surface area contributed by atoms with Crippen LogP contribution in [0.1, 0.15) is 22.3 Å². The van der Waals surface area contributed by atoms with Crippen molar-refractivity contribution < 1.29 is 0 Å². The Bertz CT molecular complexity index is 512. The molecule has 0 aliphatic carbocycles. The van der Waals surface area contributed by atoms with Crippen molar-refractivity contribution in [3.05, 3.63) is 46.6 Å². The van der Waals surface area contributed by atoms with Gasteiger partial charge in [0.1, 0.15) is 5.82 Å². The number of hydrogen-bond acceptors (Lipinski definition) is 2. The minimum Gasteiger partial charge on any atom is -0.384 e. The van der Waals surface area contributed by atoms with E-state index in [2.05, 4.69) is 37.1 Å². The van der Waals surface area contributed by atoms with Crippen molar-refractivity contribution in [3.8, 4) is 0 Å². The second kappa shape index (κ2) is 4.00. The minimum absolute atomic E-state index is 0.742. The number of benzene rings is 1. The Kier molecular flexibility index (Phi) is 2.69. The molecule has 84 valence electrons. The molecule has 0 bridgehead atoms. The molecule has 0 atom stereocenters. The van der Waals surface area contributed by atoms with Crippen molar-refractivity contribution >= 4 is 5.82 Å². The normalized spacial score (nSPS) is 10.7. The average molecular weight is 215 g/mol. The lowest BCUT2D eigenvalue weighted by atomic mass is 10.1. The lowest BCUT2D eigenvalue weighted by molar-refractivity contribution is 0.694. The third kappa shape index (κ3) is 1.94. The summed E-state index contributed by atoms with van der Waals surface area (Å²) in [4.78, 5) is 0. The molecule has 0 radical (unpaired) electrons. The summed E-state index contributed by atoms with van der Waals surface area (Å²) < 4.78 is 1.84. The van der Waals surface area contributed by atoms with Crippen molar-refractivity contribution in [2.75, 3.05) is 5.73 Å². The highest BCUT2D eigenvalue weighted by Gasteiger charge is 2.05. The molecule has 0 saturated carbocycles. The molecule has 2 rings (SSSR count). The number of nitrogens with zero attached hydrogens (tertiary/aromatic N) is 2. The maximum Gasteiger partial charge on any atom is 0.124 e. The number of nitrogen functional groups attached to an aromatic ring is 1. The van der Waals surface area contributed by atoms with Gasteiger partial charge in [-0.25, -0.2) is 4.68 Å².